The number of anilines is 2. The van der Waals surface area contributed by atoms with E-state index in [1.54, 1.807) is 18.1 Å². The zero-order chi connectivity index (χ0) is 14.4. The summed E-state index contributed by atoms with van der Waals surface area (Å²) in [6.45, 7) is 1.09. The van der Waals surface area contributed by atoms with Crippen molar-refractivity contribution in [2.45, 2.75) is 13.0 Å². The first-order chi connectivity index (χ1) is 9.71. The van der Waals surface area contributed by atoms with Gasteiger partial charge in [0.1, 0.15) is 24.6 Å². The molecule has 8 nitrogen and oxygen atoms in total. The maximum absolute atomic E-state index is 5.06. The van der Waals surface area contributed by atoms with Crippen molar-refractivity contribution >= 4 is 11.6 Å². The van der Waals surface area contributed by atoms with Crippen LogP contribution in [0.1, 0.15) is 11.6 Å². The van der Waals surface area contributed by atoms with Crippen LogP contribution in [-0.2, 0) is 24.8 Å². The van der Waals surface area contributed by atoms with Crippen molar-refractivity contribution in [2.75, 3.05) is 31.3 Å². The van der Waals surface area contributed by atoms with Gasteiger partial charge in [-0.15, -0.1) is 0 Å². The molecule has 0 aliphatic heterocycles. The molecule has 2 rings (SSSR count). The van der Waals surface area contributed by atoms with Gasteiger partial charge in [-0.05, 0) is 0 Å². The first-order valence-electron chi connectivity index (χ1n) is 6.34. The molecule has 0 unspecified atom stereocenters. The highest BCUT2D eigenvalue weighted by Gasteiger charge is 2.04. The summed E-state index contributed by atoms with van der Waals surface area (Å²) in [7, 11) is 5.29. The first-order valence-corrected chi connectivity index (χ1v) is 6.34. The fourth-order valence-corrected chi connectivity index (χ4v) is 1.71. The van der Waals surface area contributed by atoms with Crippen LogP contribution in [0, 0.1) is 0 Å². The van der Waals surface area contributed by atoms with Crippen LogP contribution >= 0.6 is 0 Å². The summed E-state index contributed by atoms with van der Waals surface area (Å²) in [5, 5.41) is 10.5. The second-order valence-electron chi connectivity index (χ2n) is 4.25. The Morgan fingerprint density at radius 1 is 1.25 bits per heavy atom. The van der Waals surface area contributed by atoms with E-state index in [0.29, 0.717) is 19.0 Å². The van der Waals surface area contributed by atoms with Crippen molar-refractivity contribution in [3.8, 4) is 0 Å². The molecule has 0 saturated carbocycles. The Hall–Kier alpha value is -2.22. The molecule has 2 N–H and O–H groups in total. The molecule has 2 aromatic heterocycles. The Balaban J connectivity index is 1.95. The van der Waals surface area contributed by atoms with Gasteiger partial charge in [0.25, 0.3) is 0 Å². The molecule has 0 amide bonds. The summed E-state index contributed by atoms with van der Waals surface area (Å²) in [5.74, 6) is 2.95. The molecular weight excluding hydrogens is 258 g/mol. The minimum Gasteiger partial charge on any atom is -0.377 e. The van der Waals surface area contributed by atoms with Crippen LogP contribution in [0.15, 0.2) is 12.4 Å². The SMILES string of the molecule is CNc1cc(NCCc2ncn(C)n2)nc(COC)n1. The summed E-state index contributed by atoms with van der Waals surface area (Å²) in [6, 6.07) is 1.85. The van der Waals surface area contributed by atoms with E-state index in [9.17, 15) is 0 Å². The molecule has 0 bridgehead atoms. The van der Waals surface area contributed by atoms with Crippen molar-refractivity contribution in [1.82, 2.24) is 24.7 Å². The second kappa shape index (κ2) is 6.80. The summed E-state index contributed by atoms with van der Waals surface area (Å²) < 4.78 is 6.75. The lowest BCUT2D eigenvalue weighted by Crippen LogP contribution is -2.10. The molecule has 0 atom stereocenters. The van der Waals surface area contributed by atoms with E-state index in [1.807, 2.05) is 20.2 Å². The first kappa shape index (κ1) is 14.2. The van der Waals surface area contributed by atoms with Crippen LogP contribution < -0.4 is 10.6 Å². The highest BCUT2D eigenvalue weighted by Crippen LogP contribution is 2.11. The van der Waals surface area contributed by atoms with Gasteiger partial charge in [0.05, 0.1) is 0 Å². The topological polar surface area (TPSA) is 89.8 Å². The van der Waals surface area contributed by atoms with E-state index < -0.39 is 0 Å². The maximum atomic E-state index is 5.06. The zero-order valence-corrected chi connectivity index (χ0v) is 11.9. The quantitative estimate of drug-likeness (QED) is 0.759. The van der Waals surface area contributed by atoms with E-state index in [4.69, 9.17) is 4.74 Å². The van der Waals surface area contributed by atoms with Gasteiger partial charge in [-0.1, -0.05) is 0 Å². The predicted molar refractivity (Wildman–Crippen MR) is 75.5 cm³/mol. The lowest BCUT2D eigenvalue weighted by atomic mass is 10.4. The molecule has 20 heavy (non-hydrogen) atoms. The Bertz CT molecular complexity index is 554. The van der Waals surface area contributed by atoms with E-state index in [1.165, 1.54) is 0 Å². The summed E-state index contributed by atoms with van der Waals surface area (Å²) in [4.78, 5) is 12.8. The fraction of sp³-hybridized carbons (Fsp3) is 0.500. The number of nitrogens with zero attached hydrogens (tertiary/aromatic N) is 5. The Labute approximate surface area is 117 Å². The number of aromatic nitrogens is 5. The number of rotatable bonds is 7. The van der Waals surface area contributed by atoms with Crippen molar-refractivity contribution < 1.29 is 4.74 Å². The second-order valence-corrected chi connectivity index (χ2v) is 4.25. The standard InChI is InChI=1S/C12H19N7O/c1-13-10-6-11(17-12(16-10)7-20-3)14-5-4-9-15-8-19(2)18-9/h6,8H,4-5,7H2,1-3H3,(H2,13,14,16,17). The largest absolute Gasteiger partial charge is 0.377 e. The summed E-state index contributed by atoms with van der Waals surface area (Å²) in [5.41, 5.74) is 0. The molecule has 0 aromatic carbocycles. The molecular formula is C12H19N7O. The minimum absolute atomic E-state index is 0.381. The number of hydrogen-bond acceptors (Lipinski definition) is 7. The number of ether oxygens (including phenoxy) is 1. The van der Waals surface area contributed by atoms with Gasteiger partial charge in [0, 0.05) is 40.2 Å². The van der Waals surface area contributed by atoms with Gasteiger partial charge < -0.3 is 15.4 Å². The van der Waals surface area contributed by atoms with Gasteiger partial charge in [-0.3, -0.25) is 4.68 Å². The minimum atomic E-state index is 0.381. The smallest absolute Gasteiger partial charge is 0.158 e. The van der Waals surface area contributed by atoms with Gasteiger partial charge in [0.2, 0.25) is 0 Å². The Morgan fingerprint density at radius 3 is 2.70 bits per heavy atom. The Kier molecular flexibility index (Phi) is 4.83. The molecule has 2 aromatic rings. The highest BCUT2D eigenvalue weighted by atomic mass is 16.5. The summed E-state index contributed by atoms with van der Waals surface area (Å²) >= 11 is 0. The van der Waals surface area contributed by atoms with Crippen LogP contribution in [0.4, 0.5) is 11.6 Å². The Morgan fingerprint density at radius 2 is 2.05 bits per heavy atom. The van der Waals surface area contributed by atoms with Crippen molar-refractivity contribution in [2.24, 2.45) is 7.05 Å². The summed E-state index contributed by atoms with van der Waals surface area (Å²) in [6.07, 6.45) is 2.43. The highest BCUT2D eigenvalue weighted by molar-refractivity contribution is 5.47. The van der Waals surface area contributed by atoms with Gasteiger partial charge in [-0.2, -0.15) is 5.10 Å². The van der Waals surface area contributed by atoms with Crippen molar-refractivity contribution in [1.29, 1.82) is 0 Å². The zero-order valence-electron chi connectivity index (χ0n) is 11.9. The molecule has 0 saturated heterocycles. The average molecular weight is 277 g/mol. The van der Waals surface area contributed by atoms with Crippen molar-refractivity contribution in [3.63, 3.8) is 0 Å². The van der Waals surface area contributed by atoms with Gasteiger partial charge >= 0.3 is 0 Å². The van der Waals surface area contributed by atoms with Crippen LogP contribution in [-0.4, -0.2) is 45.4 Å². The third-order valence-electron chi connectivity index (χ3n) is 2.60. The molecule has 8 heteroatoms. The normalized spacial score (nSPS) is 10.6. The molecule has 0 radical (unpaired) electrons. The third-order valence-corrected chi connectivity index (χ3v) is 2.60. The van der Waals surface area contributed by atoms with E-state index in [-0.39, 0.29) is 0 Å². The van der Waals surface area contributed by atoms with Crippen LogP contribution in [0.25, 0.3) is 0 Å². The lowest BCUT2D eigenvalue weighted by molar-refractivity contribution is 0.178. The molecule has 0 aliphatic carbocycles. The predicted octanol–water partition coefficient (Wildman–Crippen LogP) is 0.448. The molecule has 2 heterocycles. The number of nitrogens with one attached hydrogen (secondary N) is 2. The number of methoxy groups -OCH3 is 1. The van der Waals surface area contributed by atoms with E-state index in [0.717, 1.165) is 23.9 Å². The van der Waals surface area contributed by atoms with Gasteiger partial charge in [-0.25, -0.2) is 15.0 Å². The maximum Gasteiger partial charge on any atom is 0.158 e. The van der Waals surface area contributed by atoms with Gasteiger partial charge in [0.15, 0.2) is 11.6 Å². The monoisotopic (exact) mass is 277 g/mol. The molecule has 0 aliphatic rings. The van der Waals surface area contributed by atoms with Crippen LogP contribution in [0.3, 0.4) is 0 Å². The van der Waals surface area contributed by atoms with Crippen LogP contribution in [0.5, 0.6) is 0 Å². The van der Waals surface area contributed by atoms with E-state index in [2.05, 4.69) is 30.7 Å². The average Bonchev–Trinajstić information content (AvgIpc) is 2.84. The molecule has 0 fully saturated rings. The number of hydrogen-bond donors (Lipinski definition) is 2. The third kappa shape index (κ3) is 3.89. The molecule has 108 valence electrons. The van der Waals surface area contributed by atoms with E-state index >= 15 is 0 Å². The fourth-order valence-electron chi connectivity index (χ4n) is 1.71. The van der Waals surface area contributed by atoms with Crippen LogP contribution in [0.2, 0.25) is 0 Å². The lowest BCUT2D eigenvalue weighted by Gasteiger charge is -2.08. The number of aryl methyl sites for hydroxylation is 1. The molecule has 0 spiro atoms. The van der Waals surface area contributed by atoms with Crippen molar-refractivity contribution in [3.05, 3.63) is 24.0 Å².